The monoisotopic (exact) mass is 409 g/mol. The van der Waals surface area contributed by atoms with Crippen molar-refractivity contribution in [2.75, 3.05) is 32.7 Å². The van der Waals surface area contributed by atoms with Crippen molar-refractivity contribution in [1.82, 2.24) is 15.1 Å². The maximum absolute atomic E-state index is 12.7. The quantitative estimate of drug-likeness (QED) is 0.797. The van der Waals surface area contributed by atoms with E-state index in [-0.39, 0.29) is 17.7 Å². The lowest BCUT2D eigenvalue weighted by atomic mass is 9.93. The van der Waals surface area contributed by atoms with E-state index in [9.17, 15) is 9.59 Å². The van der Waals surface area contributed by atoms with Gasteiger partial charge in [0.2, 0.25) is 5.91 Å². The molecule has 3 heterocycles. The van der Waals surface area contributed by atoms with Crippen LogP contribution in [0.3, 0.4) is 0 Å². The van der Waals surface area contributed by atoms with Crippen LogP contribution in [-0.2, 0) is 11.2 Å². The summed E-state index contributed by atoms with van der Waals surface area (Å²) < 4.78 is 5.25. The van der Waals surface area contributed by atoms with E-state index >= 15 is 0 Å². The number of rotatable bonds is 6. The first-order valence-electron chi connectivity index (χ1n) is 11.1. The SMILES string of the molecule is O=C(NCCc1ccccc1)C1CCCN(C2CCN(C(=O)c3ccco3)CC2)C1. The largest absolute Gasteiger partial charge is 0.459 e. The second-order valence-electron chi connectivity index (χ2n) is 8.36. The number of piperidine rings is 2. The Morgan fingerprint density at radius 2 is 1.80 bits per heavy atom. The van der Waals surface area contributed by atoms with Gasteiger partial charge in [-0.3, -0.25) is 14.5 Å². The number of benzene rings is 1. The summed E-state index contributed by atoms with van der Waals surface area (Å²) >= 11 is 0. The van der Waals surface area contributed by atoms with Gasteiger partial charge in [0.05, 0.1) is 12.2 Å². The number of nitrogens with one attached hydrogen (secondary N) is 1. The fourth-order valence-corrected chi connectivity index (χ4v) is 4.66. The van der Waals surface area contributed by atoms with Gasteiger partial charge in [-0.15, -0.1) is 0 Å². The smallest absolute Gasteiger partial charge is 0.289 e. The lowest BCUT2D eigenvalue weighted by molar-refractivity contribution is -0.127. The number of nitrogens with zero attached hydrogens (tertiary/aromatic N) is 2. The molecular formula is C24H31N3O3. The Hall–Kier alpha value is -2.60. The van der Waals surface area contributed by atoms with Crippen molar-refractivity contribution in [2.24, 2.45) is 5.92 Å². The predicted molar refractivity (Wildman–Crippen MR) is 115 cm³/mol. The van der Waals surface area contributed by atoms with Crippen LogP contribution in [0.25, 0.3) is 0 Å². The van der Waals surface area contributed by atoms with Gasteiger partial charge >= 0.3 is 0 Å². The fraction of sp³-hybridized carbons (Fsp3) is 0.500. The number of hydrogen-bond acceptors (Lipinski definition) is 4. The van der Waals surface area contributed by atoms with Crippen LogP contribution in [0, 0.1) is 5.92 Å². The highest BCUT2D eigenvalue weighted by Crippen LogP contribution is 2.25. The van der Waals surface area contributed by atoms with Crippen molar-refractivity contribution in [1.29, 1.82) is 0 Å². The Morgan fingerprint density at radius 3 is 2.53 bits per heavy atom. The van der Waals surface area contributed by atoms with E-state index in [0.717, 1.165) is 58.3 Å². The summed E-state index contributed by atoms with van der Waals surface area (Å²) in [6.07, 6.45) is 6.33. The van der Waals surface area contributed by atoms with Crippen LogP contribution >= 0.6 is 0 Å². The van der Waals surface area contributed by atoms with Gasteiger partial charge in [-0.25, -0.2) is 0 Å². The molecule has 2 saturated heterocycles. The van der Waals surface area contributed by atoms with E-state index in [2.05, 4.69) is 22.3 Å². The van der Waals surface area contributed by atoms with Gasteiger partial charge in [-0.1, -0.05) is 30.3 Å². The van der Waals surface area contributed by atoms with E-state index in [0.29, 0.717) is 18.3 Å². The molecule has 4 rings (SSSR count). The second kappa shape index (κ2) is 9.94. The number of amides is 2. The summed E-state index contributed by atoms with van der Waals surface area (Å²) in [5.74, 6) is 0.643. The number of hydrogen-bond donors (Lipinski definition) is 1. The zero-order chi connectivity index (χ0) is 20.8. The zero-order valence-corrected chi connectivity index (χ0v) is 17.5. The predicted octanol–water partition coefficient (Wildman–Crippen LogP) is 2.96. The average Bonchev–Trinajstić information content (AvgIpc) is 3.34. The minimum atomic E-state index is -0.0206. The van der Waals surface area contributed by atoms with Crippen molar-refractivity contribution in [3.8, 4) is 0 Å². The molecule has 6 nitrogen and oxygen atoms in total. The maximum atomic E-state index is 12.7. The molecule has 0 aliphatic carbocycles. The molecule has 2 amide bonds. The summed E-state index contributed by atoms with van der Waals surface area (Å²) in [5.41, 5.74) is 1.25. The Labute approximate surface area is 178 Å². The molecule has 6 heteroatoms. The first kappa shape index (κ1) is 20.7. The highest BCUT2D eigenvalue weighted by molar-refractivity contribution is 5.91. The van der Waals surface area contributed by atoms with Crippen molar-refractivity contribution < 1.29 is 14.0 Å². The number of carbonyl (C=O) groups excluding carboxylic acids is 2. The van der Waals surface area contributed by atoms with Gasteiger partial charge in [-0.2, -0.15) is 0 Å². The molecule has 1 aromatic heterocycles. The molecule has 2 aromatic rings. The fourth-order valence-electron chi connectivity index (χ4n) is 4.66. The Bertz CT molecular complexity index is 813. The highest BCUT2D eigenvalue weighted by Gasteiger charge is 2.33. The van der Waals surface area contributed by atoms with Gasteiger partial charge < -0.3 is 14.6 Å². The van der Waals surface area contributed by atoms with Crippen molar-refractivity contribution >= 4 is 11.8 Å². The molecule has 0 radical (unpaired) electrons. The zero-order valence-electron chi connectivity index (χ0n) is 17.5. The summed E-state index contributed by atoms with van der Waals surface area (Å²) in [7, 11) is 0. The summed E-state index contributed by atoms with van der Waals surface area (Å²) in [6, 6.07) is 14.2. The molecular weight excluding hydrogens is 378 g/mol. The third kappa shape index (κ3) is 5.11. The van der Waals surface area contributed by atoms with Crippen LogP contribution in [0.2, 0.25) is 0 Å². The van der Waals surface area contributed by atoms with Crippen LogP contribution in [-0.4, -0.2) is 60.4 Å². The molecule has 1 N–H and O–H groups in total. The van der Waals surface area contributed by atoms with Crippen LogP contribution in [0.1, 0.15) is 41.8 Å². The van der Waals surface area contributed by atoms with Crippen LogP contribution in [0.4, 0.5) is 0 Å². The van der Waals surface area contributed by atoms with E-state index in [1.807, 2.05) is 23.1 Å². The number of furan rings is 1. The molecule has 1 unspecified atom stereocenters. The highest BCUT2D eigenvalue weighted by atomic mass is 16.3. The molecule has 0 spiro atoms. The Kier molecular flexibility index (Phi) is 6.84. The normalized spacial score (nSPS) is 20.8. The third-order valence-electron chi connectivity index (χ3n) is 6.38. The van der Waals surface area contributed by atoms with E-state index in [4.69, 9.17) is 4.42 Å². The van der Waals surface area contributed by atoms with Gasteiger partial charge in [0.25, 0.3) is 5.91 Å². The lowest BCUT2D eigenvalue weighted by Gasteiger charge is -2.41. The minimum Gasteiger partial charge on any atom is -0.459 e. The first-order chi connectivity index (χ1) is 14.7. The van der Waals surface area contributed by atoms with Crippen molar-refractivity contribution in [3.05, 3.63) is 60.1 Å². The molecule has 1 atom stereocenters. The first-order valence-corrected chi connectivity index (χ1v) is 11.1. The molecule has 160 valence electrons. The molecule has 2 fully saturated rings. The van der Waals surface area contributed by atoms with E-state index in [1.165, 1.54) is 5.56 Å². The Morgan fingerprint density at radius 1 is 1.00 bits per heavy atom. The van der Waals surface area contributed by atoms with E-state index in [1.54, 1.807) is 18.4 Å². The van der Waals surface area contributed by atoms with Crippen LogP contribution < -0.4 is 5.32 Å². The van der Waals surface area contributed by atoms with E-state index < -0.39 is 0 Å². The maximum Gasteiger partial charge on any atom is 0.289 e. The number of likely N-dealkylation sites (tertiary alicyclic amines) is 2. The molecule has 1 aromatic carbocycles. The Balaban J connectivity index is 1.22. The lowest BCUT2D eigenvalue weighted by Crippen LogP contribution is -2.51. The molecule has 2 aliphatic heterocycles. The van der Waals surface area contributed by atoms with Gasteiger partial charge in [0.1, 0.15) is 0 Å². The molecule has 30 heavy (non-hydrogen) atoms. The van der Waals surface area contributed by atoms with Crippen LogP contribution in [0.5, 0.6) is 0 Å². The summed E-state index contributed by atoms with van der Waals surface area (Å²) in [4.78, 5) is 29.5. The molecule has 0 saturated carbocycles. The minimum absolute atomic E-state index is 0.0206. The van der Waals surface area contributed by atoms with Gasteiger partial charge in [0.15, 0.2) is 5.76 Å². The van der Waals surface area contributed by atoms with Gasteiger partial charge in [0, 0.05) is 32.2 Å². The second-order valence-corrected chi connectivity index (χ2v) is 8.36. The average molecular weight is 410 g/mol. The topological polar surface area (TPSA) is 65.8 Å². The van der Waals surface area contributed by atoms with Crippen LogP contribution in [0.15, 0.2) is 53.1 Å². The standard InChI is InChI=1S/C24H31N3O3/c28-23(25-13-10-19-6-2-1-3-7-19)20-8-4-14-27(18-20)21-11-15-26(16-12-21)24(29)22-9-5-17-30-22/h1-3,5-7,9,17,20-21H,4,8,10-16,18H2,(H,25,28). The number of carbonyl (C=O) groups is 2. The summed E-state index contributed by atoms with van der Waals surface area (Å²) in [5, 5.41) is 3.13. The molecule has 2 aliphatic rings. The van der Waals surface area contributed by atoms with Crippen molar-refractivity contribution in [2.45, 2.75) is 38.1 Å². The van der Waals surface area contributed by atoms with Gasteiger partial charge in [-0.05, 0) is 56.3 Å². The van der Waals surface area contributed by atoms with Crippen molar-refractivity contribution in [3.63, 3.8) is 0 Å². The third-order valence-corrected chi connectivity index (χ3v) is 6.38. The summed E-state index contributed by atoms with van der Waals surface area (Å²) in [6.45, 7) is 4.05. The molecule has 0 bridgehead atoms.